The monoisotopic (exact) mass is 318 g/mol. The lowest BCUT2D eigenvalue weighted by atomic mass is 10.1. The van der Waals surface area contributed by atoms with Crippen LogP contribution in [0.3, 0.4) is 0 Å². The third-order valence-corrected chi connectivity index (χ3v) is 3.74. The maximum Gasteiger partial charge on any atom is 0.224 e. The molecule has 3 aromatic rings. The lowest BCUT2D eigenvalue weighted by Gasteiger charge is -2.08. The second kappa shape index (κ2) is 8.67. The lowest BCUT2D eigenvalue weighted by Crippen LogP contribution is -2.08. The molecule has 2 aromatic carbocycles. The Labute approximate surface area is 143 Å². The van der Waals surface area contributed by atoms with Gasteiger partial charge in [0.2, 0.25) is 5.95 Å². The minimum Gasteiger partial charge on any atom is -0.366 e. The van der Waals surface area contributed by atoms with Crippen molar-refractivity contribution in [3.8, 4) is 0 Å². The number of anilines is 2. The maximum absolute atomic E-state index is 4.50. The lowest BCUT2D eigenvalue weighted by molar-refractivity contribution is 0.852. The molecule has 2 N–H and O–H groups in total. The van der Waals surface area contributed by atoms with E-state index < -0.39 is 0 Å². The quantitative estimate of drug-likeness (QED) is 0.613. The second-order valence-corrected chi connectivity index (χ2v) is 5.62. The molecule has 0 amide bonds. The van der Waals surface area contributed by atoms with Crippen molar-refractivity contribution in [1.82, 2.24) is 9.97 Å². The molecule has 122 valence electrons. The van der Waals surface area contributed by atoms with Gasteiger partial charge in [0, 0.05) is 19.3 Å². The Hall–Kier alpha value is -2.88. The van der Waals surface area contributed by atoms with Crippen LogP contribution in [-0.4, -0.2) is 16.5 Å². The van der Waals surface area contributed by atoms with Crippen LogP contribution >= 0.6 is 0 Å². The highest BCUT2D eigenvalue weighted by Gasteiger charge is 1.99. The third-order valence-electron chi connectivity index (χ3n) is 3.74. The van der Waals surface area contributed by atoms with Gasteiger partial charge in [-0.15, -0.1) is 0 Å². The largest absolute Gasteiger partial charge is 0.366 e. The van der Waals surface area contributed by atoms with E-state index in [0.29, 0.717) is 5.95 Å². The van der Waals surface area contributed by atoms with Gasteiger partial charge in [0.1, 0.15) is 5.82 Å². The number of aryl methyl sites for hydroxylation is 1. The fraction of sp³-hybridized carbons (Fsp3) is 0.200. The standard InChI is InChI=1S/C20H22N4/c1-3-8-17(9-4-1)12-7-14-21-20-22-15-13-19(24-20)23-16-18-10-5-2-6-11-18/h1-6,8-11,13,15H,7,12,14,16H2,(H2,21,22,23,24). The van der Waals surface area contributed by atoms with Crippen LogP contribution in [0.1, 0.15) is 17.5 Å². The van der Waals surface area contributed by atoms with Gasteiger partial charge in [0.15, 0.2) is 0 Å². The molecule has 0 saturated heterocycles. The molecule has 0 aliphatic heterocycles. The molecular formula is C20H22N4. The van der Waals surface area contributed by atoms with Crippen molar-refractivity contribution in [3.05, 3.63) is 84.1 Å². The normalized spacial score (nSPS) is 10.3. The van der Waals surface area contributed by atoms with Gasteiger partial charge in [0.25, 0.3) is 0 Å². The van der Waals surface area contributed by atoms with Crippen LogP contribution in [0.15, 0.2) is 72.9 Å². The fourth-order valence-corrected chi connectivity index (χ4v) is 2.47. The zero-order chi connectivity index (χ0) is 16.5. The Morgan fingerprint density at radius 1 is 0.750 bits per heavy atom. The Kier molecular flexibility index (Phi) is 5.78. The van der Waals surface area contributed by atoms with Gasteiger partial charge < -0.3 is 10.6 Å². The van der Waals surface area contributed by atoms with Gasteiger partial charge in [-0.1, -0.05) is 60.7 Å². The number of aromatic nitrogens is 2. The summed E-state index contributed by atoms with van der Waals surface area (Å²) in [6.45, 7) is 1.61. The van der Waals surface area contributed by atoms with Crippen LogP contribution in [0, 0.1) is 0 Å². The molecule has 24 heavy (non-hydrogen) atoms. The van der Waals surface area contributed by atoms with E-state index >= 15 is 0 Å². The topological polar surface area (TPSA) is 49.8 Å². The molecule has 0 aliphatic rings. The minimum absolute atomic E-state index is 0.668. The maximum atomic E-state index is 4.50. The van der Waals surface area contributed by atoms with Gasteiger partial charge in [-0.25, -0.2) is 4.98 Å². The van der Waals surface area contributed by atoms with E-state index in [0.717, 1.165) is 31.7 Å². The van der Waals surface area contributed by atoms with Crippen LogP contribution in [0.2, 0.25) is 0 Å². The third kappa shape index (κ3) is 5.09. The summed E-state index contributed by atoms with van der Waals surface area (Å²) in [4.78, 5) is 8.78. The predicted octanol–water partition coefficient (Wildman–Crippen LogP) is 4.13. The summed E-state index contributed by atoms with van der Waals surface area (Å²) in [7, 11) is 0. The number of benzene rings is 2. The summed E-state index contributed by atoms with van der Waals surface area (Å²) in [5, 5.41) is 6.62. The molecule has 0 atom stereocenters. The Morgan fingerprint density at radius 3 is 2.21 bits per heavy atom. The molecule has 0 saturated carbocycles. The molecule has 1 aromatic heterocycles. The summed E-state index contributed by atoms with van der Waals surface area (Å²) >= 11 is 0. The first-order valence-electron chi connectivity index (χ1n) is 8.29. The van der Waals surface area contributed by atoms with Crippen LogP contribution in [0.5, 0.6) is 0 Å². The van der Waals surface area contributed by atoms with Crippen LogP contribution < -0.4 is 10.6 Å². The van der Waals surface area contributed by atoms with Crippen LogP contribution in [-0.2, 0) is 13.0 Å². The zero-order valence-electron chi connectivity index (χ0n) is 13.7. The highest BCUT2D eigenvalue weighted by atomic mass is 15.1. The molecule has 0 radical (unpaired) electrons. The molecule has 0 aliphatic carbocycles. The van der Waals surface area contributed by atoms with Gasteiger partial charge in [-0.3, -0.25) is 0 Å². The van der Waals surface area contributed by atoms with Crippen molar-refractivity contribution < 1.29 is 0 Å². The summed E-state index contributed by atoms with van der Waals surface area (Å²) in [6.07, 6.45) is 3.88. The summed E-state index contributed by atoms with van der Waals surface area (Å²) < 4.78 is 0. The van der Waals surface area contributed by atoms with E-state index in [2.05, 4.69) is 57.0 Å². The van der Waals surface area contributed by atoms with Crippen molar-refractivity contribution in [2.45, 2.75) is 19.4 Å². The van der Waals surface area contributed by atoms with Gasteiger partial charge >= 0.3 is 0 Å². The Morgan fingerprint density at radius 2 is 1.46 bits per heavy atom. The SMILES string of the molecule is c1ccc(CCCNc2nccc(NCc3ccccc3)n2)cc1. The average molecular weight is 318 g/mol. The highest BCUT2D eigenvalue weighted by molar-refractivity contribution is 5.40. The molecule has 0 unspecified atom stereocenters. The molecule has 4 heteroatoms. The number of nitrogens with one attached hydrogen (secondary N) is 2. The first-order chi connectivity index (χ1) is 11.9. The summed E-state index contributed by atoms with van der Waals surface area (Å²) in [6, 6.07) is 22.7. The van der Waals surface area contributed by atoms with Crippen molar-refractivity contribution >= 4 is 11.8 Å². The molecule has 4 nitrogen and oxygen atoms in total. The number of hydrogen-bond acceptors (Lipinski definition) is 4. The Bertz CT molecular complexity index is 729. The van der Waals surface area contributed by atoms with Crippen molar-refractivity contribution in [3.63, 3.8) is 0 Å². The molecule has 0 fully saturated rings. The van der Waals surface area contributed by atoms with E-state index in [9.17, 15) is 0 Å². The van der Waals surface area contributed by atoms with Crippen molar-refractivity contribution in [2.24, 2.45) is 0 Å². The average Bonchev–Trinajstić information content (AvgIpc) is 2.66. The van der Waals surface area contributed by atoms with E-state index in [-0.39, 0.29) is 0 Å². The molecule has 3 rings (SSSR count). The van der Waals surface area contributed by atoms with E-state index in [1.165, 1.54) is 11.1 Å². The van der Waals surface area contributed by atoms with Crippen molar-refractivity contribution in [2.75, 3.05) is 17.2 Å². The first kappa shape index (κ1) is 16.0. The van der Waals surface area contributed by atoms with E-state index in [1.54, 1.807) is 6.20 Å². The molecule has 0 spiro atoms. The van der Waals surface area contributed by atoms with E-state index in [1.807, 2.05) is 30.3 Å². The number of nitrogens with zero attached hydrogens (tertiary/aromatic N) is 2. The minimum atomic E-state index is 0.668. The predicted molar refractivity (Wildman–Crippen MR) is 99.1 cm³/mol. The second-order valence-electron chi connectivity index (χ2n) is 5.62. The van der Waals surface area contributed by atoms with Crippen molar-refractivity contribution in [1.29, 1.82) is 0 Å². The fourth-order valence-electron chi connectivity index (χ4n) is 2.47. The molecular weight excluding hydrogens is 296 g/mol. The molecule has 0 bridgehead atoms. The Balaban J connectivity index is 1.45. The van der Waals surface area contributed by atoms with Gasteiger partial charge in [0.05, 0.1) is 0 Å². The smallest absolute Gasteiger partial charge is 0.224 e. The first-order valence-corrected chi connectivity index (χ1v) is 8.29. The highest BCUT2D eigenvalue weighted by Crippen LogP contribution is 2.09. The van der Waals surface area contributed by atoms with Crippen LogP contribution in [0.25, 0.3) is 0 Å². The summed E-state index contributed by atoms with van der Waals surface area (Å²) in [5.74, 6) is 1.50. The number of hydrogen-bond donors (Lipinski definition) is 2. The van der Waals surface area contributed by atoms with Crippen LogP contribution in [0.4, 0.5) is 11.8 Å². The number of rotatable bonds is 8. The summed E-state index contributed by atoms with van der Waals surface area (Å²) in [5.41, 5.74) is 2.59. The zero-order valence-corrected chi connectivity index (χ0v) is 13.7. The van der Waals surface area contributed by atoms with Gasteiger partial charge in [-0.2, -0.15) is 4.98 Å². The van der Waals surface area contributed by atoms with E-state index in [4.69, 9.17) is 0 Å². The molecule has 1 heterocycles. The van der Waals surface area contributed by atoms with Gasteiger partial charge in [-0.05, 0) is 30.0 Å².